The summed E-state index contributed by atoms with van der Waals surface area (Å²) in [6.07, 6.45) is 5.30. The number of nitro groups is 1. The van der Waals surface area contributed by atoms with Crippen molar-refractivity contribution in [3.63, 3.8) is 0 Å². The van der Waals surface area contributed by atoms with Crippen LogP contribution in [0.15, 0.2) is 59.6 Å². The Bertz CT molecular complexity index is 828. The zero-order valence-corrected chi connectivity index (χ0v) is 14.6. The van der Waals surface area contributed by atoms with Gasteiger partial charge in [-0.15, -0.1) is 11.6 Å². The Morgan fingerprint density at radius 2 is 1.88 bits per heavy atom. The van der Waals surface area contributed by atoms with E-state index in [1.807, 2.05) is 36.4 Å². The molecule has 1 aliphatic rings. The van der Waals surface area contributed by atoms with Gasteiger partial charge in [0.2, 0.25) is 5.79 Å². The third-order valence-corrected chi connectivity index (χ3v) is 4.20. The number of benzene rings is 2. The number of ether oxygens (including phenoxy) is 2. The minimum atomic E-state index is -0.847. The molecule has 0 saturated carbocycles. The van der Waals surface area contributed by atoms with Gasteiger partial charge in [-0.2, -0.15) is 0 Å². The highest BCUT2D eigenvalue weighted by molar-refractivity contribution is 6.18. The van der Waals surface area contributed by atoms with Crippen LogP contribution in [0.5, 0.6) is 0 Å². The van der Waals surface area contributed by atoms with Crippen molar-refractivity contribution < 1.29 is 14.4 Å². The molecule has 134 valence electrons. The van der Waals surface area contributed by atoms with Gasteiger partial charge >= 0.3 is 0 Å². The Hall–Kier alpha value is -2.54. The number of alkyl halides is 1. The third-order valence-electron chi connectivity index (χ3n) is 3.83. The van der Waals surface area contributed by atoms with Gasteiger partial charge in [-0.05, 0) is 29.3 Å². The van der Waals surface area contributed by atoms with E-state index < -0.39 is 10.7 Å². The second kappa shape index (κ2) is 8.23. The van der Waals surface area contributed by atoms with Crippen LogP contribution in [0.2, 0.25) is 0 Å². The summed E-state index contributed by atoms with van der Waals surface area (Å²) in [4.78, 5) is 14.7. The minimum absolute atomic E-state index is 0.0407. The standard InChI is InChI=1S/C19H17ClN2O4/c20-14-19(25-10-11-26-19)9-8-15-4-6-17(7-5-15)21-13-16-2-1-3-18(12-16)22(23)24/h1-9,12-13H,10-11,14H2/b9-8-,21-13?. The van der Waals surface area contributed by atoms with Gasteiger partial charge in [0.25, 0.3) is 5.69 Å². The molecule has 0 aliphatic carbocycles. The van der Waals surface area contributed by atoms with E-state index in [0.29, 0.717) is 18.8 Å². The Balaban J connectivity index is 1.68. The van der Waals surface area contributed by atoms with Crippen molar-refractivity contribution in [3.05, 3.63) is 75.8 Å². The molecule has 6 nitrogen and oxygen atoms in total. The zero-order valence-electron chi connectivity index (χ0n) is 13.9. The van der Waals surface area contributed by atoms with E-state index >= 15 is 0 Å². The van der Waals surface area contributed by atoms with Crippen LogP contribution in [-0.2, 0) is 9.47 Å². The fourth-order valence-corrected chi connectivity index (χ4v) is 2.69. The summed E-state index contributed by atoms with van der Waals surface area (Å²) in [6.45, 7) is 1.06. The molecule has 0 radical (unpaired) electrons. The quantitative estimate of drug-likeness (QED) is 0.327. The highest BCUT2D eigenvalue weighted by Crippen LogP contribution is 2.24. The molecular formula is C19H17ClN2O4. The number of rotatable bonds is 6. The number of halogens is 1. The number of hydrogen-bond acceptors (Lipinski definition) is 5. The first-order valence-corrected chi connectivity index (χ1v) is 8.55. The summed E-state index contributed by atoms with van der Waals surface area (Å²) in [5, 5.41) is 10.8. The fourth-order valence-electron chi connectivity index (χ4n) is 2.45. The predicted octanol–water partition coefficient (Wildman–Crippen LogP) is 4.34. The Kier molecular flexibility index (Phi) is 5.78. The van der Waals surface area contributed by atoms with Crippen LogP contribution in [0.25, 0.3) is 6.08 Å². The maximum Gasteiger partial charge on any atom is 0.270 e. The molecule has 0 unspecified atom stereocenters. The summed E-state index contributed by atoms with van der Waals surface area (Å²) < 4.78 is 11.1. The smallest absolute Gasteiger partial charge is 0.270 e. The minimum Gasteiger partial charge on any atom is -0.343 e. The third kappa shape index (κ3) is 4.54. The van der Waals surface area contributed by atoms with Crippen LogP contribution in [0.4, 0.5) is 11.4 Å². The second-order valence-corrected chi connectivity index (χ2v) is 5.94. The van der Waals surface area contributed by atoms with Crippen molar-refractivity contribution >= 4 is 35.3 Å². The Morgan fingerprint density at radius 3 is 2.54 bits per heavy atom. The highest BCUT2D eigenvalue weighted by Gasteiger charge is 2.32. The molecule has 0 N–H and O–H groups in total. The number of aliphatic imine (C=N–C) groups is 1. The average Bonchev–Trinajstić information content (AvgIpc) is 3.15. The number of non-ortho nitro benzene ring substituents is 1. The summed E-state index contributed by atoms with van der Waals surface area (Å²) in [5.41, 5.74) is 2.42. The van der Waals surface area contributed by atoms with Gasteiger partial charge in [-0.1, -0.05) is 30.3 Å². The molecule has 26 heavy (non-hydrogen) atoms. The lowest BCUT2D eigenvalue weighted by atomic mass is 10.1. The first-order valence-electron chi connectivity index (χ1n) is 8.02. The van der Waals surface area contributed by atoms with Gasteiger partial charge in [0.15, 0.2) is 0 Å². The molecule has 0 amide bonds. The lowest BCUT2D eigenvalue weighted by Crippen LogP contribution is -2.29. The topological polar surface area (TPSA) is 74.0 Å². The first-order chi connectivity index (χ1) is 12.6. The molecule has 0 bridgehead atoms. The summed E-state index contributed by atoms with van der Waals surface area (Å²) in [5.74, 6) is -0.616. The van der Waals surface area contributed by atoms with Crippen molar-refractivity contribution in [1.29, 1.82) is 0 Å². The SMILES string of the molecule is O=[N+]([O-])c1cccc(C=Nc2ccc(/C=C\C3(CCl)OCCO3)cc2)c1. The van der Waals surface area contributed by atoms with E-state index in [9.17, 15) is 10.1 Å². The molecule has 1 aliphatic heterocycles. The van der Waals surface area contributed by atoms with Crippen LogP contribution in [0, 0.1) is 10.1 Å². The Labute approximate surface area is 155 Å². The normalized spacial score (nSPS) is 16.5. The monoisotopic (exact) mass is 372 g/mol. The molecular weight excluding hydrogens is 356 g/mol. The summed E-state index contributed by atoms with van der Waals surface area (Å²) in [7, 11) is 0. The van der Waals surface area contributed by atoms with E-state index in [4.69, 9.17) is 21.1 Å². The maximum absolute atomic E-state index is 10.8. The molecule has 3 rings (SSSR count). The van der Waals surface area contributed by atoms with Crippen LogP contribution in [0.1, 0.15) is 11.1 Å². The van der Waals surface area contributed by atoms with E-state index in [-0.39, 0.29) is 11.6 Å². The van der Waals surface area contributed by atoms with Crippen LogP contribution >= 0.6 is 11.6 Å². The van der Waals surface area contributed by atoms with Crippen LogP contribution < -0.4 is 0 Å². The molecule has 2 aromatic rings. The zero-order chi connectivity index (χ0) is 18.4. The maximum atomic E-state index is 10.8. The summed E-state index contributed by atoms with van der Waals surface area (Å²) >= 11 is 5.92. The van der Waals surface area contributed by atoms with Crippen molar-refractivity contribution in [3.8, 4) is 0 Å². The van der Waals surface area contributed by atoms with E-state index in [2.05, 4.69) is 4.99 Å². The average molecular weight is 373 g/mol. The fraction of sp³-hybridized carbons (Fsp3) is 0.211. The molecule has 0 atom stereocenters. The van der Waals surface area contributed by atoms with Crippen molar-refractivity contribution in [2.45, 2.75) is 5.79 Å². The van der Waals surface area contributed by atoms with E-state index in [1.54, 1.807) is 18.3 Å². The molecule has 1 heterocycles. The molecule has 0 aromatic heterocycles. The number of nitro benzene ring substituents is 1. The van der Waals surface area contributed by atoms with Gasteiger partial charge < -0.3 is 9.47 Å². The first kappa shape index (κ1) is 18.3. The lowest BCUT2D eigenvalue weighted by molar-refractivity contribution is -0.384. The van der Waals surface area contributed by atoms with Crippen molar-refractivity contribution in [2.24, 2.45) is 4.99 Å². The van der Waals surface area contributed by atoms with Gasteiger partial charge in [-0.25, -0.2) is 0 Å². The van der Waals surface area contributed by atoms with Gasteiger partial charge in [0, 0.05) is 18.3 Å². The molecule has 1 saturated heterocycles. The Morgan fingerprint density at radius 1 is 1.15 bits per heavy atom. The van der Waals surface area contributed by atoms with Crippen LogP contribution in [0.3, 0.4) is 0 Å². The summed E-state index contributed by atoms with van der Waals surface area (Å²) in [6, 6.07) is 13.9. The van der Waals surface area contributed by atoms with Gasteiger partial charge in [0.05, 0.1) is 29.7 Å². The van der Waals surface area contributed by atoms with E-state index in [1.165, 1.54) is 12.1 Å². The predicted molar refractivity (Wildman–Crippen MR) is 101 cm³/mol. The highest BCUT2D eigenvalue weighted by atomic mass is 35.5. The number of hydrogen-bond donors (Lipinski definition) is 0. The van der Waals surface area contributed by atoms with Gasteiger partial charge in [0.1, 0.15) is 0 Å². The molecule has 7 heteroatoms. The van der Waals surface area contributed by atoms with Crippen molar-refractivity contribution in [2.75, 3.05) is 19.1 Å². The van der Waals surface area contributed by atoms with Crippen LogP contribution in [-0.4, -0.2) is 36.0 Å². The molecule has 0 spiro atoms. The van der Waals surface area contributed by atoms with E-state index in [0.717, 1.165) is 11.3 Å². The van der Waals surface area contributed by atoms with Crippen molar-refractivity contribution in [1.82, 2.24) is 0 Å². The molecule has 2 aromatic carbocycles. The second-order valence-electron chi connectivity index (χ2n) is 5.68. The van der Waals surface area contributed by atoms with Gasteiger partial charge in [-0.3, -0.25) is 15.1 Å². The number of nitrogens with zero attached hydrogens (tertiary/aromatic N) is 2. The largest absolute Gasteiger partial charge is 0.343 e. The lowest BCUT2D eigenvalue weighted by Gasteiger charge is -2.20. The molecule has 1 fully saturated rings.